The lowest BCUT2D eigenvalue weighted by Gasteiger charge is -2.36. The van der Waals surface area contributed by atoms with Crippen LogP contribution >= 0.6 is 0 Å². The summed E-state index contributed by atoms with van der Waals surface area (Å²) in [7, 11) is 0. The molecule has 0 saturated carbocycles. The molecule has 3 aromatic rings. The van der Waals surface area contributed by atoms with Crippen molar-refractivity contribution in [3.8, 4) is 6.07 Å². The molecule has 178 valence electrons. The summed E-state index contributed by atoms with van der Waals surface area (Å²) in [6.45, 7) is 3.96. The van der Waals surface area contributed by atoms with Crippen molar-refractivity contribution in [2.24, 2.45) is 0 Å². The van der Waals surface area contributed by atoms with Gasteiger partial charge in [-0.25, -0.2) is 0 Å². The van der Waals surface area contributed by atoms with Gasteiger partial charge in [0.1, 0.15) is 0 Å². The molecule has 2 heterocycles. The largest absolute Gasteiger partial charge is 0.416 e. The molecule has 0 bridgehead atoms. The fourth-order valence-corrected chi connectivity index (χ4v) is 4.38. The zero-order chi connectivity index (χ0) is 24.1. The van der Waals surface area contributed by atoms with E-state index in [4.69, 9.17) is 5.26 Å². The van der Waals surface area contributed by atoms with Crippen LogP contribution in [-0.4, -0.2) is 48.1 Å². The summed E-state index contributed by atoms with van der Waals surface area (Å²) < 4.78 is 40.5. The van der Waals surface area contributed by atoms with Gasteiger partial charge in [-0.15, -0.1) is 0 Å². The van der Waals surface area contributed by atoms with E-state index in [9.17, 15) is 18.0 Å². The number of hydrogen-bond acceptors (Lipinski definition) is 4. The standard InChI is InChI=1S/C26H27F3N4O/c27-26(28,29)23-5-4-6-24(16-23)32-13-11-31(12-14-32)10-3-1-2-7-25(34)33-18-21-9-8-20(17-30)15-22(21)19-33/h4-6,8-9,15-16,18-19H,1-3,7,10-14H2. The van der Waals surface area contributed by atoms with Crippen LogP contribution in [0.25, 0.3) is 10.8 Å². The third-order valence-corrected chi connectivity index (χ3v) is 6.34. The molecule has 34 heavy (non-hydrogen) atoms. The Bertz CT molecular complexity index is 1190. The molecule has 0 atom stereocenters. The van der Waals surface area contributed by atoms with E-state index in [0.29, 0.717) is 30.8 Å². The molecule has 1 aliphatic rings. The predicted molar refractivity (Wildman–Crippen MR) is 126 cm³/mol. The maximum absolute atomic E-state index is 13.0. The van der Waals surface area contributed by atoms with Crippen molar-refractivity contribution in [1.82, 2.24) is 9.47 Å². The fraction of sp³-hybridized carbons (Fsp3) is 0.385. The number of nitrogens with zero attached hydrogens (tertiary/aromatic N) is 4. The molecule has 0 spiro atoms. The van der Waals surface area contributed by atoms with Gasteiger partial charge in [0.05, 0.1) is 17.2 Å². The molecule has 1 saturated heterocycles. The maximum Gasteiger partial charge on any atom is 0.416 e. The first-order valence-corrected chi connectivity index (χ1v) is 11.5. The number of rotatable bonds is 7. The average molecular weight is 469 g/mol. The monoisotopic (exact) mass is 468 g/mol. The molecule has 1 fully saturated rings. The summed E-state index contributed by atoms with van der Waals surface area (Å²) in [6.07, 6.45) is 2.46. The second-order valence-electron chi connectivity index (χ2n) is 8.70. The number of nitriles is 1. The van der Waals surface area contributed by atoms with Crippen LogP contribution < -0.4 is 4.90 Å². The highest BCUT2D eigenvalue weighted by molar-refractivity contribution is 5.90. The third kappa shape index (κ3) is 5.78. The van der Waals surface area contributed by atoms with Crippen LogP contribution in [0, 0.1) is 11.3 Å². The summed E-state index contributed by atoms with van der Waals surface area (Å²) in [5.41, 5.74) is 0.588. The van der Waals surface area contributed by atoms with E-state index >= 15 is 0 Å². The van der Waals surface area contributed by atoms with Gasteiger partial charge in [0, 0.05) is 56.1 Å². The Labute approximate surface area is 197 Å². The molecule has 5 nitrogen and oxygen atoms in total. The molecular formula is C26H27F3N4O. The van der Waals surface area contributed by atoms with Crippen LogP contribution in [0.3, 0.4) is 0 Å². The van der Waals surface area contributed by atoms with E-state index in [1.807, 2.05) is 17.2 Å². The van der Waals surface area contributed by atoms with Gasteiger partial charge in [0.2, 0.25) is 5.91 Å². The van der Waals surface area contributed by atoms with Crippen molar-refractivity contribution in [3.05, 3.63) is 66.0 Å². The lowest BCUT2D eigenvalue weighted by molar-refractivity contribution is -0.137. The molecule has 8 heteroatoms. The van der Waals surface area contributed by atoms with E-state index in [-0.39, 0.29) is 5.91 Å². The number of piperazine rings is 1. The number of alkyl halides is 3. The van der Waals surface area contributed by atoms with E-state index in [1.54, 1.807) is 29.0 Å². The highest BCUT2D eigenvalue weighted by atomic mass is 19.4. The van der Waals surface area contributed by atoms with E-state index in [2.05, 4.69) is 11.0 Å². The van der Waals surface area contributed by atoms with Crippen LogP contribution in [0.5, 0.6) is 0 Å². The second-order valence-corrected chi connectivity index (χ2v) is 8.70. The van der Waals surface area contributed by atoms with Gasteiger partial charge in [-0.1, -0.05) is 18.6 Å². The first kappa shape index (κ1) is 23.8. The number of anilines is 1. The Kier molecular flexibility index (Phi) is 7.23. The van der Waals surface area contributed by atoms with Gasteiger partial charge in [0.25, 0.3) is 0 Å². The van der Waals surface area contributed by atoms with Crippen molar-refractivity contribution in [3.63, 3.8) is 0 Å². The Morgan fingerprint density at radius 3 is 2.44 bits per heavy atom. The Morgan fingerprint density at radius 2 is 1.71 bits per heavy atom. The number of carbonyl (C=O) groups excluding carboxylic acids is 1. The molecule has 4 rings (SSSR count). The number of unbranched alkanes of at least 4 members (excludes halogenated alkanes) is 2. The molecular weight excluding hydrogens is 441 g/mol. The van der Waals surface area contributed by atoms with Gasteiger partial charge in [-0.05, 0) is 55.1 Å². The van der Waals surface area contributed by atoms with Crippen molar-refractivity contribution in [1.29, 1.82) is 5.26 Å². The smallest absolute Gasteiger partial charge is 0.369 e. The zero-order valence-electron chi connectivity index (χ0n) is 18.9. The summed E-state index contributed by atoms with van der Waals surface area (Å²) in [5, 5.41) is 10.8. The number of carbonyl (C=O) groups is 1. The summed E-state index contributed by atoms with van der Waals surface area (Å²) in [5.74, 6) is 0.0457. The molecule has 0 N–H and O–H groups in total. The summed E-state index contributed by atoms with van der Waals surface area (Å²) in [6, 6.07) is 13.0. The third-order valence-electron chi connectivity index (χ3n) is 6.34. The molecule has 0 amide bonds. The van der Waals surface area contributed by atoms with Crippen LogP contribution in [0.4, 0.5) is 18.9 Å². The van der Waals surface area contributed by atoms with Crippen LogP contribution in [0.2, 0.25) is 0 Å². The second kappa shape index (κ2) is 10.3. The number of aromatic nitrogens is 1. The molecule has 0 aliphatic carbocycles. The fourth-order valence-electron chi connectivity index (χ4n) is 4.38. The Morgan fingerprint density at radius 1 is 0.941 bits per heavy atom. The van der Waals surface area contributed by atoms with E-state index in [1.165, 1.54) is 12.1 Å². The SMILES string of the molecule is N#Cc1ccc2cn(C(=O)CCCCCN3CCN(c4cccc(C(F)(F)F)c4)CC3)cc2c1. The first-order chi connectivity index (χ1) is 16.3. The maximum atomic E-state index is 13.0. The molecule has 1 aromatic heterocycles. The minimum atomic E-state index is -4.32. The molecule has 1 aliphatic heterocycles. The summed E-state index contributed by atoms with van der Waals surface area (Å²) in [4.78, 5) is 16.8. The lowest BCUT2D eigenvalue weighted by Crippen LogP contribution is -2.46. The zero-order valence-corrected chi connectivity index (χ0v) is 18.9. The first-order valence-electron chi connectivity index (χ1n) is 11.5. The normalized spacial score (nSPS) is 14.9. The van der Waals surface area contributed by atoms with E-state index < -0.39 is 11.7 Å². The van der Waals surface area contributed by atoms with Gasteiger partial charge < -0.3 is 4.90 Å². The van der Waals surface area contributed by atoms with Gasteiger partial charge in [0.15, 0.2) is 0 Å². The van der Waals surface area contributed by atoms with Gasteiger partial charge in [-0.2, -0.15) is 18.4 Å². The van der Waals surface area contributed by atoms with Crippen LogP contribution in [0.1, 0.15) is 41.6 Å². The molecule has 0 unspecified atom stereocenters. The van der Waals surface area contributed by atoms with Crippen molar-refractivity contribution in [2.75, 3.05) is 37.6 Å². The number of fused-ring (bicyclic) bond motifs is 1. The highest BCUT2D eigenvalue weighted by Crippen LogP contribution is 2.32. The Hall–Kier alpha value is -3.31. The van der Waals surface area contributed by atoms with Gasteiger partial charge in [-0.3, -0.25) is 14.3 Å². The minimum Gasteiger partial charge on any atom is -0.369 e. The van der Waals surface area contributed by atoms with Crippen LogP contribution in [0.15, 0.2) is 54.9 Å². The topological polar surface area (TPSA) is 52.3 Å². The average Bonchev–Trinajstić information content (AvgIpc) is 3.27. The summed E-state index contributed by atoms with van der Waals surface area (Å²) >= 11 is 0. The minimum absolute atomic E-state index is 0.0457. The molecule has 2 aromatic carbocycles. The Balaban J connectivity index is 1.17. The van der Waals surface area contributed by atoms with Crippen LogP contribution in [-0.2, 0) is 6.18 Å². The number of hydrogen-bond donors (Lipinski definition) is 0. The quantitative estimate of drug-likeness (QED) is 0.427. The predicted octanol–water partition coefficient (Wildman–Crippen LogP) is 5.55. The lowest BCUT2D eigenvalue weighted by atomic mass is 10.1. The van der Waals surface area contributed by atoms with E-state index in [0.717, 1.165) is 55.7 Å². The van der Waals surface area contributed by atoms with Crippen molar-refractivity contribution >= 4 is 22.4 Å². The van der Waals surface area contributed by atoms with Gasteiger partial charge >= 0.3 is 6.18 Å². The number of halogens is 3. The number of benzene rings is 2. The van der Waals surface area contributed by atoms with Crippen molar-refractivity contribution < 1.29 is 18.0 Å². The molecule has 0 radical (unpaired) electrons. The highest BCUT2D eigenvalue weighted by Gasteiger charge is 2.31. The van der Waals surface area contributed by atoms with Crippen molar-refractivity contribution in [2.45, 2.75) is 31.9 Å².